The van der Waals surface area contributed by atoms with Crippen LogP contribution in [0.5, 0.6) is 0 Å². The first kappa shape index (κ1) is 20.9. The number of urea groups is 1. The van der Waals surface area contributed by atoms with Gasteiger partial charge in [-0.1, -0.05) is 37.3 Å². The highest BCUT2D eigenvalue weighted by atomic mass is 16.3. The molecular weight excluding hydrogens is 350 g/mol. The van der Waals surface area contributed by atoms with Crippen LogP contribution in [0.15, 0.2) is 30.3 Å². The molecule has 3 atom stereocenters. The lowest BCUT2D eigenvalue weighted by Crippen LogP contribution is -2.67. The van der Waals surface area contributed by atoms with Crippen molar-refractivity contribution >= 4 is 11.6 Å². The number of carbonyl (C=O) groups is 1. The minimum atomic E-state index is -0.124. The van der Waals surface area contributed by atoms with Crippen LogP contribution in [0.1, 0.15) is 63.5 Å². The molecule has 1 saturated heterocycles. The Labute approximate surface area is 169 Å². The molecule has 2 aliphatic rings. The van der Waals surface area contributed by atoms with E-state index in [0.717, 1.165) is 13.0 Å². The second-order valence-electron chi connectivity index (χ2n) is 8.33. The van der Waals surface area contributed by atoms with Gasteiger partial charge in [-0.25, -0.2) is 4.79 Å². The molecular formula is C23H35N3O2. The van der Waals surface area contributed by atoms with Gasteiger partial charge in [-0.05, 0) is 62.8 Å². The molecule has 0 spiro atoms. The molecule has 1 aromatic carbocycles. The van der Waals surface area contributed by atoms with Gasteiger partial charge in [0, 0.05) is 30.6 Å². The zero-order valence-electron chi connectivity index (χ0n) is 17.4. The van der Waals surface area contributed by atoms with Crippen molar-refractivity contribution in [2.75, 3.05) is 19.7 Å². The first-order valence-corrected chi connectivity index (χ1v) is 10.8. The van der Waals surface area contributed by atoms with Crippen molar-refractivity contribution < 1.29 is 9.90 Å². The van der Waals surface area contributed by atoms with Crippen molar-refractivity contribution in [3.63, 3.8) is 0 Å². The van der Waals surface area contributed by atoms with Crippen LogP contribution in [0, 0.1) is 0 Å². The normalized spacial score (nSPS) is 24.8. The molecule has 2 amide bonds. The molecule has 0 unspecified atom stereocenters. The van der Waals surface area contributed by atoms with Gasteiger partial charge in [0.15, 0.2) is 0 Å². The summed E-state index contributed by atoms with van der Waals surface area (Å²) in [6.07, 6.45) is 6.99. The Bertz CT molecular complexity index is 684. The molecule has 3 N–H and O–H groups in total. The topological polar surface area (TPSA) is 64.6 Å². The number of rotatable bonds is 8. The summed E-state index contributed by atoms with van der Waals surface area (Å²) >= 11 is 0. The summed E-state index contributed by atoms with van der Waals surface area (Å²) in [5.74, 6) is 0.238. The Balaban J connectivity index is 1.72. The number of hydrogen-bond donors (Lipinski definition) is 3. The molecule has 0 saturated carbocycles. The van der Waals surface area contributed by atoms with E-state index in [-0.39, 0.29) is 36.7 Å². The molecule has 5 heteroatoms. The van der Waals surface area contributed by atoms with Crippen LogP contribution < -0.4 is 10.6 Å². The number of aliphatic hydroxyl groups excluding tert-OH is 1. The van der Waals surface area contributed by atoms with Crippen molar-refractivity contribution in [2.24, 2.45) is 0 Å². The second-order valence-corrected chi connectivity index (χ2v) is 8.33. The first-order valence-electron chi connectivity index (χ1n) is 10.8. The van der Waals surface area contributed by atoms with E-state index in [2.05, 4.69) is 52.8 Å². The van der Waals surface area contributed by atoms with E-state index < -0.39 is 0 Å². The number of benzene rings is 1. The predicted octanol–water partition coefficient (Wildman–Crippen LogP) is 3.50. The van der Waals surface area contributed by atoms with Crippen LogP contribution in [-0.4, -0.2) is 53.9 Å². The average Bonchev–Trinajstić information content (AvgIpc) is 3.19. The standard InChI is InChI=1S/C23H35N3O2/c1-4-13-26-20(14-24-23(28)25-16(2)3)22(21(26)15-27)19-11-9-18(10-12-19)17-7-5-6-8-17/h7,9-12,16,20-22,27H,4-6,8,13-15H2,1-3H3,(H2,24,25,28)/t20-,21-,22-/m1/s1. The molecule has 1 aromatic rings. The van der Waals surface area contributed by atoms with Gasteiger partial charge in [-0.15, -0.1) is 0 Å². The van der Waals surface area contributed by atoms with E-state index in [0.29, 0.717) is 6.54 Å². The Morgan fingerprint density at radius 3 is 2.57 bits per heavy atom. The Morgan fingerprint density at radius 2 is 2.00 bits per heavy atom. The van der Waals surface area contributed by atoms with Gasteiger partial charge < -0.3 is 15.7 Å². The fraction of sp³-hybridized carbons (Fsp3) is 0.609. The Kier molecular flexibility index (Phi) is 7.13. The lowest BCUT2D eigenvalue weighted by molar-refractivity contribution is -0.0408. The molecule has 3 rings (SSSR count). The summed E-state index contributed by atoms with van der Waals surface area (Å²) in [7, 11) is 0. The molecule has 1 aliphatic carbocycles. The molecule has 0 aromatic heterocycles. The Hall–Kier alpha value is -1.85. The second kappa shape index (κ2) is 9.57. The number of aliphatic hydroxyl groups is 1. The smallest absolute Gasteiger partial charge is 0.315 e. The molecule has 154 valence electrons. The van der Waals surface area contributed by atoms with E-state index in [9.17, 15) is 9.90 Å². The van der Waals surface area contributed by atoms with Crippen molar-refractivity contribution in [2.45, 2.75) is 70.5 Å². The van der Waals surface area contributed by atoms with E-state index >= 15 is 0 Å². The molecule has 0 radical (unpaired) electrons. The molecule has 28 heavy (non-hydrogen) atoms. The van der Waals surface area contributed by atoms with E-state index in [1.165, 1.54) is 36.0 Å². The van der Waals surface area contributed by atoms with Crippen molar-refractivity contribution in [1.29, 1.82) is 0 Å². The molecule has 5 nitrogen and oxygen atoms in total. The van der Waals surface area contributed by atoms with Crippen molar-refractivity contribution in [1.82, 2.24) is 15.5 Å². The van der Waals surface area contributed by atoms with Crippen LogP contribution in [0.4, 0.5) is 4.79 Å². The SMILES string of the molecule is CCCN1[C@H](CO)[C@H](c2ccc(C3=CCCC3)cc2)[C@H]1CNC(=O)NC(C)C. The largest absolute Gasteiger partial charge is 0.395 e. The molecule has 1 heterocycles. The van der Waals surface area contributed by atoms with Crippen LogP contribution in [0.25, 0.3) is 5.57 Å². The summed E-state index contributed by atoms with van der Waals surface area (Å²) in [6, 6.07) is 9.20. The first-order chi connectivity index (χ1) is 13.5. The van der Waals surface area contributed by atoms with Crippen LogP contribution in [0.3, 0.4) is 0 Å². The zero-order valence-corrected chi connectivity index (χ0v) is 17.4. The van der Waals surface area contributed by atoms with Gasteiger partial charge in [-0.2, -0.15) is 0 Å². The van der Waals surface area contributed by atoms with Gasteiger partial charge >= 0.3 is 6.03 Å². The van der Waals surface area contributed by atoms with Gasteiger partial charge in [0.2, 0.25) is 0 Å². The van der Waals surface area contributed by atoms with Gasteiger partial charge in [0.25, 0.3) is 0 Å². The summed E-state index contributed by atoms with van der Waals surface area (Å²) in [5.41, 5.74) is 4.03. The predicted molar refractivity (Wildman–Crippen MR) is 114 cm³/mol. The highest BCUT2D eigenvalue weighted by molar-refractivity contribution is 5.74. The number of amides is 2. The van der Waals surface area contributed by atoms with Gasteiger partial charge in [0.05, 0.1) is 6.61 Å². The summed E-state index contributed by atoms with van der Waals surface area (Å²) in [5, 5.41) is 15.9. The number of hydrogen-bond acceptors (Lipinski definition) is 3. The number of nitrogens with one attached hydrogen (secondary N) is 2. The maximum absolute atomic E-state index is 12.1. The van der Waals surface area contributed by atoms with Crippen LogP contribution in [0.2, 0.25) is 0 Å². The third kappa shape index (κ3) is 4.58. The van der Waals surface area contributed by atoms with Crippen LogP contribution >= 0.6 is 0 Å². The third-order valence-corrected chi connectivity index (χ3v) is 5.95. The Morgan fingerprint density at radius 1 is 1.25 bits per heavy atom. The summed E-state index contributed by atoms with van der Waals surface area (Å²) < 4.78 is 0. The maximum atomic E-state index is 12.1. The molecule has 1 aliphatic heterocycles. The highest BCUT2D eigenvalue weighted by Gasteiger charge is 2.47. The van der Waals surface area contributed by atoms with Gasteiger partial charge in [0.1, 0.15) is 0 Å². The van der Waals surface area contributed by atoms with Crippen LogP contribution in [-0.2, 0) is 0 Å². The van der Waals surface area contributed by atoms with Gasteiger partial charge in [-0.3, -0.25) is 4.90 Å². The molecule has 0 bridgehead atoms. The number of likely N-dealkylation sites (tertiary alicyclic amines) is 1. The quantitative estimate of drug-likeness (QED) is 0.642. The lowest BCUT2D eigenvalue weighted by Gasteiger charge is -2.55. The maximum Gasteiger partial charge on any atom is 0.315 e. The number of allylic oxidation sites excluding steroid dienone is 2. The zero-order chi connectivity index (χ0) is 20.1. The van der Waals surface area contributed by atoms with Crippen molar-refractivity contribution in [3.05, 3.63) is 41.5 Å². The van der Waals surface area contributed by atoms with Crippen molar-refractivity contribution in [3.8, 4) is 0 Å². The average molecular weight is 386 g/mol. The monoisotopic (exact) mass is 385 g/mol. The third-order valence-electron chi connectivity index (χ3n) is 5.95. The highest BCUT2D eigenvalue weighted by Crippen LogP contribution is 2.41. The fourth-order valence-corrected chi connectivity index (χ4v) is 4.67. The lowest BCUT2D eigenvalue weighted by atomic mass is 9.74. The minimum Gasteiger partial charge on any atom is -0.395 e. The van der Waals surface area contributed by atoms with E-state index in [4.69, 9.17) is 0 Å². The minimum absolute atomic E-state index is 0.117. The van der Waals surface area contributed by atoms with E-state index in [1.54, 1.807) is 0 Å². The summed E-state index contributed by atoms with van der Waals surface area (Å²) in [4.78, 5) is 14.4. The number of carbonyl (C=O) groups excluding carboxylic acids is 1. The van der Waals surface area contributed by atoms with E-state index in [1.807, 2.05) is 13.8 Å². The summed E-state index contributed by atoms with van der Waals surface area (Å²) in [6.45, 7) is 7.74. The molecule has 1 fully saturated rings. The fourth-order valence-electron chi connectivity index (χ4n) is 4.67. The number of nitrogens with zero attached hydrogens (tertiary/aromatic N) is 1.